The Labute approximate surface area is 260 Å². The zero-order chi connectivity index (χ0) is 30.6. The van der Waals surface area contributed by atoms with E-state index in [0.29, 0.717) is 6.54 Å². The van der Waals surface area contributed by atoms with E-state index in [4.69, 9.17) is 24.7 Å². The van der Waals surface area contributed by atoms with Crippen LogP contribution in [0.25, 0.3) is 11.1 Å². The normalized spacial score (nSPS) is 21.9. The van der Waals surface area contributed by atoms with Crippen molar-refractivity contribution in [2.24, 2.45) is 11.7 Å². The maximum Gasteiger partial charge on any atom is 0.184 e. The molecule has 0 aliphatic carbocycles. The lowest BCUT2D eigenvalue weighted by Crippen LogP contribution is -2.45. The van der Waals surface area contributed by atoms with Crippen molar-refractivity contribution in [2.45, 2.75) is 51.5 Å². The number of benzene rings is 4. The van der Waals surface area contributed by atoms with Gasteiger partial charge < -0.3 is 29.8 Å². The summed E-state index contributed by atoms with van der Waals surface area (Å²) < 4.78 is 24.6. The molecule has 4 aromatic carbocycles. The van der Waals surface area contributed by atoms with Crippen molar-refractivity contribution < 1.29 is 24.1 Å². The topological polar surface area (TPSA) is 86.4 Å². The molecule has 3 N–H and O–H groups in total. The van der Waals surface area contributed by atoms with E-state index in [-0.39, 0.29) is 24.7 Å². The molecule has 7 nitrogen and oxygen atoms in total. The lowest BCUT2D eigenvalue weighted by molar-refractivity contribution is -0.276. The van der Waals surface area contributed by atoms with E-state index in [1.165, 1.54) is 11.1 Å². The molecular weight excluding hydrogens is 552 g/mol. The molecule has 1 saturated heterocycles. The first-order valence-corrected chi connectivity index (χ1v) is 15.4. The van der Waals surface area contributed by atoms with Crippen LogP contribution in [0.1, 0.15) is 52.7 Å². The summed E-state index contributed by atoms with van der Waals surface area (Å²) in [4.78, 5) is 2.47. The Balaban J connectivity index is 1.26. The molecule has 4 aromatic rings. The summed E-state index contributed by atoms with van der Waals surface area (Å²) in [6.45, 7) is 5.25. The van der Waals surface area contributed by atoms with Crippen LogP contribution in [0.5, 0.6) is 11.5 Å². The fourth-order valence-electron chi connectivity index (χ4n) is 6.48. The maximum absolute atomic E-state index is 9.60. The maximum atomic E-state index is 9.60. The average Bonchev–Trinajstić information content (AvgIpc) is 3.08. The van der Waals surface area contributed by atoms with Crippen molar-refractivity contribution in [3.63, 3.8) is 0 Å². The molecule has 0 unspecified atom stereocenters. The minimum absolute atomic E-state index is 0.0163. The minimum atomic E-state index is -0.515. The second-order valence-electron chi connectivity index (χ2n) is 11.8. The third kappa shape index (κ3) is 6.25. The Morgan fingerprint density at radius 2 is 1.55 bits per heavy atom. The molecule has 0 radical (unpaired) electrons. The van der Waals surface area contributed by atoms with E-state index in [0.717, 1.165) is 70.9 Å². The molecule has 0 bridgehead atoms. The molecule has 0 amide bonds. The fraction of sp³-hybridized carbons (Fsp3) is 0.351. The van der Waals surface area contributed by atoms with E-state index < -0.39 is 6.29 Å². The van der Waals surface area contributed by atoms with E-state index in [1.807, 2.05) is 24.3 Å². The van der Waals surface area contributed by atoms with Gasteiger partial charge in [0.1, 0.15) is 0 Å². The third-order valence-corrected chi connectivity index (χ3v) is 9.09. The van der Waals surface area contributed by atoms with Crippen LogP contribution in [-0.4, -0.2) is 43.4 Å². The molecule has 7 heteroatoms. The zero-order valence-corrected chi connectivity index (χ0v) is 25.7. The van der Waals surface area contributed by atoms with Gasteiger partial charge >= 0.3 is 0 Å². The molecule has 2 aliphatic heterocycles. The standard InChI is InChI=1S/C37H42N2O5/c1-24-35(22-39-17-16-29-18-33(41-2)34(42-3)19-31(29)21-39)43-37(44-36(24)27-10-8-25(23-40)9-11-27)28-14-12-26(13-15-28)32-7-5-4-6-30(32)20-38/h4-15,18-19,24,35-37,40H,16-17,20-23,38H2,1-3H3/t24-,35+,36+,37+/m0/s1. The van der Waals surface area contributed by atoms with E-state index in [9.17, 15) is 5.11 Å². The van der Waals surface area contributed by atoms with Crippen LogP contribution in [0.2, 0.25) is 0 Å². The number of fused-ring (bicyclic) bond motifs is 1. The summed E-state index contributed by atoms with van der Waals surface area (Å²) in [6.07, 6.45) is 0.203. The molecule has 1 fully saturated rings. The largest absolute Gasteiger partial charge is 0.493 e. The number of methoxy groups -OCH3 is 2. The highest BCUT2D eigenvalue weighted by Crippen LogP contribution is 2.43. The van der Waals surface area contributed by atoms with Gasteiger partial charge in [0.25, 0.3) is 0 Å². The number of aliphatic hydroxyl groups is 1. The molecule has 0 saturated carbocycles. The molecule has 0 aromatic heterocycles. The van der Waals surface area contributed by atoms with E-state index >= 15 is 0 Å². The summed E-state index contributed by atoms with van der Waals surface area (Å²) in [6, 6.07) is 29.0. The summed E-state index contributed by atoms with van der Waals surface area (Å²) in [7, 11) is 3.36. The van der Waals surface area contributed by atoms with Crippen molar-refractivity contribution in [1.82, 2.24) is 4.90 Å². The van der Waals surface area contributed by atoms with Gasteiger partial charge in [0.05, 0.1) is 33.0 Å². The molecule has 230 valence electrons. The van der Waals surface area contributed by atoms with E-state index in [1.54, 1.807) is 14.2 Å². The lowest BCUT2D eigenvalue weighted by atomic mass is 9.89. The van der Waals surface area contributed by atoms with Crippen LogP contribution >= 0.6 is 0 Å². The van der Waals surface area contributed by atoms with Crippen LogP contribution < -0.4 is 15.2 Å². The second-order valence-corrected chi connectivity index (χ2v) is 11.8. The third-order valence-electron chi connectivity index (χ3n) is 9.09. The number of hydrogen-bond acceptors (Lipinski definition) is 7. The van der Waals surface area contributed by atoms with Gasteiger partial charge in [-0.3, -0.25) is 4.90 Å². The monoisotopic (exact) mass is 594 g/mol. The van der Waals surface area contributed by atoms with Gasteiger partial charge in [0.2, 0.25) is 0 Å². The smallest absolute Gasteiger partial charge is 0.184 e. The van der Waals surface area contributed by atoms with Gasteiger partial charge in [0.15, 0.2) is 17.8 Å². The summed E-state index contributed by atoms with van der Waals surface area (Å²) in [5.74, 6) is 1.64. The Kier molecular flexibility index (Phi) is 9.31. The van der Waals surface area contributed by atoms with Crippen LogP contribution in [0.4, 0.5) is 0 Å². The van der Waals surface area contributed by atoms with E-state index in [2.05, 4.69) is 72.5 Å². The number of aliphatic hydroxyl groups excluding tert-OH is 1. The van der Waals surface area contributed by atoms with Crippen molar-refractivity contribution in [2.75, 3.05) is 27.3 Å². The van der Waals surface area contributed by atoms with Crippen LogP contribution in [0.15, 0.2) is 84.9 Å². The Morgan fingerprint density at radius 1 is 0.864 bits per heavy atom. The number of hydrogen-bond donors (Lipinski definition) is 2. The first-order valence-electron chi connectivity index (χ1n) is 15.4. The first kappa shape index (κ1) is 30.3. The number of ether oxygens (including phenoxy) is 4. The van der Waals surface area contributed by atoms with Crippen LogP contribution in [0, 0.1) is 5.92 Å². The highest BCUT2D eigenvalue weighted by atomic mass is 16.7. The summed E-state index contributed by atoms with van der Waals surface area (Å²) in [5.41, 5.74) is 14.9. The predicted molar refractivity (Wildman–Crippen MR) is 171 cm³/mol. The Bertz CT molecular complexity index is 1560. The summed E-state index contributed by atoms with van der Waals surface area (Å²) >= 11 is 0. The zero-order valence-electron chi connectivity index (χ0n) is 25.7. The first-order chi connectivity index (χ1) is 21.5. The van der Waals surface area contributed by atoms with Crippen molar-refractivity contribution in [3.05, 3.63) is 118 Å². The van der Waals surface area contributed by atoms with Gasteiger partial charge in [-0.15, -0.1) is 0 Å². The summed E-state index contributed by atoms with van der Waals surface area (Å²) in [5, 5.41) is 9.60. The van der Waals surface area contributed by atoms with Crippen LogP contribution in [0.3, 0.4) is 0 Å². The van der Waals surface area contributed by atoms with Gasteiger partial charge in [-0.25, -0.2) is 0 Å². The molecule has 44 heavy (non-hydrogen) atoms. The Morgan fingerprint density at radius 3 is 2.23 bits per heavy atom. The SMILES string of the molecule is COc1cc2c(cc1OC)CN(C[C@H]1O[C@@H](c3ccc(-c4ccccc4CN)cc3)O[C@@H](c3ccc(CO)cc3)[C@H]1C)CC2. The fourth-order valence-corrected chi connectivity index (χ4v) is 6.48. The number of nitrogens with two attached hydrogens (primary N) is 1. The second kappa shape index (κ2) is 13.5. The van der Waals surface area contributed by atoms with Gasteiger partial charge in [0, 0.05) is 37.7 Å². The molecule has 2 aliphatic rings. The number of rotatable bonds is 9. The molecule has 2 heterocycles. The highest BCUT2D eigenvalue weighted by molar-refractivity contribution is 5.67. The predicted octanol–water partition coefficient (Wildman–Crippen LogP) is 6.17. The molecule has 6 rings (SSSR count). The molecule has 4 atom stereocenters. The Hall–Kier alpha value is -3.72. The minimum Gasteiger partial charge on any atom is -0.493 e. The van der Waals surface area contributed by atoms with Gasteiger partial charge in [-0.05, 0) is 57.5 Å². The van der Waals surface area contributed by atoms with Crippen molar-refractivity contribution in [3.8, 4) is 22.6 Å². The molecule has 0 spiro atoms. The van der Waals surface area contributed by atoms with Crippen LogP contribution in [-0.2, 0) is 35.6 Å². The quantitative estimate of drug-likeness (QED) is 0.240. The highest BCUT2D eigenvalue weighted by Gasteiger charge is 2.39. The average molecular weight is 595 g/mol. The van der Waals surface area contributed by atoms with Crippen molar-refractivity contribution in [1.29, 1.82) is 0 Å². The van der Waals surface area contributed by atoms with Gasteiger partial charge in [-0.2, -0.15) is 0 Å². The number of nitrogens with zero attached hydrogens (tertiary/aromatic N) is 1. The van der Waals surface area contributed by atoms with Crippen molar-refractivity contribution >= 4 is 0 Å². The van der Waals surface area contributed by atoms with Gasteiger partial charge in [-0.1, -0.05) is 79.7 Å². The lowest BCUT2D eigenvalue weighted by Gasteiger charge is -2.43. The molecular formula is C37H42N2O5.